The van der Waals surface area contributed by atoms with Crippen molar-refractivity contribution in [2.24, 2.45) is 0 Å². The molecule has 388 valence electrons. The summed E-state index contributed by atoms with van der Waals surface area (Å²) in [6.45, 7) is 0. The maximum absolute atomic E-state index is 8.88. The maximum Gasteiger partial charge on any atom is 1.00 e. The average Bonchev–Trinajstić information content (AvgIpc) is 2.48. The number of rotatable bonds is 0. The topological polar surface area (TPSA) is 933 Å². The summed E-state index contributed by atoms with van der Waals surface area (Å²) in [5.74, 6) is 0. The fourth-order valence-corrected chi connectivity index (χ4v) is 0. The van der Waals surface area contributed by atoms with E-state index in [-0.39, 0.29) is 62.0 Å². The van der Waals surface area contributed by atoms with Gasteiger partial charge in [0.25, 0.3) is 0 Å². The second-order valence-corrected chi connectivity index (χ2v) is 18.5. The second-order valence-electron chi connectivity index (χ2n) is 6.16. The summed E-state index contributed by atoms with van der Waals surface area (Å²) in [4.78, 5) is 259. The zero-order valence-corrected chi connectivity index (χ0v) is 43.1. The van der Waals surface area contributed by atoms with Crippen LogP contribution >= 0.6 is 93.9 Å². The van der Waals surface area contributed by atoms with Crippen molar-refractivity contribution in [1.29, 1.82) is 0 Å². The van der Waals surface area contributed by atoms with Gasteiger partial charge in [-0.05, 0) is 0 Å². The van der Waals surface area contributed by atoms with Gasteiger partial charge in [0.2, 0.25) is 0 Å². The number of hydrogen-bond acceptors (Lipinski definition) is 12. The van der Waals surface area contributed by atoms with Crippen LogP contribution in [0, 0.1) is 0 Å². The monoisotopic (exact) mass is 1220 g/mol. The van der Waals surface area contributed by atoms with Gasteiger partial charge in [-0.15, -0.1) is 0 Å². The van der Waals surface area contributed by atoms with Crippen molar-refractivity contribution in [3.05, 3.63) is 0 Å². The van der Waals surface area contributed by atoms with Crippen LogP contribution < -0.4 is 59.1 Å². The van der Waals surface area contributed by atoms with Crippen LogP contribution in [0.3, 0.4) is 0 Å². The molecular weight excluding hydrogens is 1190 g/mol. The summed E-state index contributed by atoms with van der Waals surface area (Å²) in [6, 6.07) is 0. The second kappa shape index (κ2) is 45.5. The Kier molecular flexibility index (Phi) is 75.2. The minimum absolute atomic E-state index is 0. The van der Waals surface area contributed by atoms with Crippen molar-refractivity contribution in [1.82, 2.24) is 0 Å². The van der Waals surface area contributed by atoms with Crippen molar-refractivity contribution in [2.45, 2.75) is 0 Å². The molecule has 0 radical (unpaired) electrons. The van der Waals surface area contributed by atoms with Crippen molar-refractivity contribution >= 4 is 93.9 Å². The zero-order chi connectivity index (χ0) is 54.0. The molecule has 62 heteroatoms. The molecule has 0 heterocycles. The first-order valence-corrected chi connectivity index (χ1v) is 28.2. The quantitative estimate of drug-likeness (QED) is 0.0791. The zero-order valence-electron chi connectivity index (χ0n) is 30.4. The van der Waals surface area contributed by atoms with Gasteiger partial charge in [0, 0.05) is 0 Å². The van der Waals surface area contributed by atoms with Gasteiger partial charge in [-0.3, -0.25) is 0 Å². The Hall–Kier alpha value is 3.32. The van der Waals surface area contributed by atoms with E-state index >= 15 is 0 Å². The minimum Gasteiger partial charge on any atom is -1.00 e. The van der Waals surface area contributed by atoms with Crippen molar-refractivity contribution < 1.29 is 293 Å². The van der Waals surface area contributed by atoms with Crippen molar-refractivity contribution in [3.8, 4) is 0 Å². The molecule has 0 bridgehead atoms. The van der Waals surface area contributed by atoms with Crippen LogP contribution in [0.25, 0.3) is 0 Å². The Balaban J connectivity index is -0.0000000279. The van der Waals surface area contributed by atoms with Gasteiger partial charge in [0.1, 0.15) is 0 Å². The average molecular weight is 1220 g/mol. The van der Waals surface area contributed by atoms with Crippen LogP contribution in [0.2, 0.25) is 0 Å². The van der Waals surface area contributed by atoms with Crippen molar-refractivity contribution in [2.75, 3.05) is 0 Å². The van der Waals surface area contributed by atoms with E-state index in [1.54, 1.807) is 0 Å². The van der Waals surface area contributed by atoms with Gasteiger partial charge in [-0.25, -0.2) is 54.8 Å². The van der Waals surface area contributed by atoms with E-state index in [2.05, 4.69) is 0 Å². The van der Waals surface area contributed by atoms with E-state index in [1.807, 2.05) is 0 Å². The molecule has 0 saturated carbocycles. The normalized spacial score (nSPS) is 11.4. The molecule has 0 fully saturated rings. The first-order valence-electron chi connectivity index (χ1n) is 9.39. The molecule has 0 aliphatic carbocycles. The van der Waals surface area contributed by atoms with Gasteiger partial charge in [0.05, 0.1) is 0 Å². The molecule has 48 nitrogen and oxygen atoms in total. The molecule has 62 heavy (non-hydrogen) atoms. The van der Waals surface area contributed by atoms with E-state index in [1.165, 1.54) is 0 Å². The standard InChI is InChI=1S/2Na.12H3O4P.2H/c;;12*1-5(2,3)4;;/h;;12*(H3,1,2,3,4);;/q2*+1;;;;;;;;;;;;;2*-1. The summed E-state index contributed by atoms with van der Waals surface area (Å²) >= 11 is 0. The van der Waals surface area contributed by atoms with Crippen LogP contribution in [-0.4, -0.2) is 176 Å². The summed E-state index contributed by atoms with van der Waals surface area (Å²) in [7, 11) is -55.7. The first-order chi connectivity index (χ1) is 24.0. The van der Waals surface area contributed by atoms with Gasteiger partial charge in [0.15, 0.2) is 0 Å². The molecule has 0 spiro atoms. The van der Waals surface area contributed by atoms with E-state index in [9.17, 15) is 0 Å². The molecule has 0 amide bonds. The van der Waals surface area contributed by atoms with E-state index in [0.717, 1.165) is 0 Å². The fraction of sp³-hybridized carbons (Fsp3) is 0. The Labute approximate surface area is 384 Å². The van der Waals surface area contributed by atoms with E-state index in [4.69, 9.17) is 231 Å². The SMILES string of the molecule is O=P(O)(O)O.O=P(O)(O)O.O=P(O)(O)O.O=P(O)(O)O.O=P(O)(O)O.O=P(O)(O)O.O=P(O)(O)O.O=P(O)(O)O.O=P(O)(O)O.O=P(O)(O)O.O=P(O)(O)O.O=P(O)(O)O.[H-].[H-].[Na+].[Na+]. The predicted molar refractivity (Wildman–Crippen MR) is 173 cm³/mol. The van der Waals surface area contributed by atoms with Gasteiger partial charge in [-0.1, -0.05) is 0 Å². The van der Waals surface area contributed by atoms with E-state index in [0.29, 0.717) is 0 Å². The van der Waals surface area contributed by atoms with Crippen LogP contribution in [0.4, 0.5) is 0 Å². The van der Waals surface area contributed by atoms with Crippen LogP contribution in [-0.2, 0) is 54.8 Å². The number of hydrogen-bond donors (Lipinski definition) is 36. The van der Waals surface area contributed by atoms with Crippen LogP contribution in [0.5, 0.6) is 0 Å². The summed E-state index contributed by atoms with van der Waals surface area (Å²) in [5.41, 5.74) is 0. The summed E-state index contributed by atoms with van der Waals surface area (Å²) < 4.78 is 107. The first kappa shape index (κ1) is 103. The van der Waals surface area contributed by atoms with Crippen LogP contribution in [0.1, 0.15) is 2.85 Å². The molecule has 36 N–H and O–H groups in total. The fourth-order valence-electron chi connectivity index (χ4n) is 0. The molecule has 0 saturated heterocycles. The molecule has 0 aromatic rings. The molecule has 0 aromatic heterocycles. The Morgan fingerprint density at radius 1 is 0.129 bits per heavy atom. The Morgan fingerprint density at radius 2 is 0.129 bits per heavy atom. The third kappa shape index (κ3) is 22300. The molecule has 0 aliphatic heterocycles. The molecule has 0 atom stereocenters. The van der Waals surface area contributed by atoms with Gasteiger partial charge >= 0.3 is 153 Å². The third-order valence-electron chi connectivity index (χ3n) is 0. The Bertz CT molecular complexity index is 1050. The summed E-state index contributed by atoms with van der Waals surface area (Å²) in [5, 5.41) is 0. The summed E-state index contributed by atoms with van der Waals surface area (Å²) in [6.07, 6.45) is 0. The predicted octanol–water partition coefficient (Wildman–Crippen LogP) is -16.9. The Morgan fingerprint density at radius 3 is 0.129 bits per heavy atom. The number of phosphoric acid groups is 12. The molecular formula is H38Na2O48P12. The van der Waals surface area contributed by atoms with E-state index < -0.39 is 93.9 Å². The van der Waals surface area contributed by atoms with Gasteiger partial charge < -0.3 is 179 Å². The van der Waals surface area contributed by atoms with Gasteiger partial charge in [-0.2, -0.15) is 0 Å². The third-order valence-corrected chi connectivity index (χ3v) is 0. The molecule has 0 aliphatic rings. The van der Waals surface area contributed by atoms with Crippen LogP contribution in [0.15, 0.2) is 0 Å². The minimum atomic E-state index is -4.64. The van der Waals surface area contributed by atoms with Crippen molar-refractivity contribution in [3.63, 3.8) is 0 Å². The molecule has 0 unspecified atom stereocenters. The maximum atomic E-state index is 8.88. The molecule has 0 rings (SSSR count). The molecule has 0 aromatic carbocycles. The largest absolute Gasteiger partial charge is 1.00 e. The smallest absolute Gasteiger partial charge is 1.00 e.